The van der Waals surface area contributed by atoms with E-state index in [1.807, 2.05) is 74.5 Å². The predicted octanol–water partition coefficient (Wildman–Crippen LogP) is 5.63. The van der Waals surface area contributed by atoms with Gasteiger partial charge >= 0.3 is 5.97 Å². The number of para-hydroxylation sites is 1. The van der Waals surface area contributed by atoms with Gasteiger partial charge in [-0.25, -0.2) is 0 Å². The fourth-order valence-corrected chi connectivity index (χ4v) is 4.53. The number of carbonyl (C=O) groups is 2. The second-order valence-electron chi connectivity index (χ2n) is 8.25. The molecule has 2 aliphatic rings. The third-order valence-corrected chi connectivity index (χ3v) is 6.54. The van der Waals surface area contributed by atoms with Gasteiger partial charge in [-0.05, 0) is 47.1 Å². The van der Waals surface area contributed by atoms with Gasteiger partial charge in [-0.3, -0.25) is 9.59 Å². The van der Waals surface area contributed by atoms with Crippen molar-refractivity contribution >= 4 is 34.2 Å². The molecule has 0 bridgehead atoms. The first-order valence-corrected chi connectivity index (χ1v) is 11.0. The predicted molar refractivity (Wildman–Crippen MR) is 124 cm³/mol. The zero-order valence-electron chi connectivity index (χ0n) is 17.4. The smallest absolute Gasteiger partial charge is 0.311 e. The summed E-state index contributed by atoms with van der Waals surface area (Å²) in [4.78, 5) is 24.8. The molecule has 156 valence electrons. The summed E-state index contributed by atoms with van der Waals surface area (Å²) in [6.07, 6.45) is 8.61. The molecule has 1 aliphatic carbocycles. The zero-order chi connectivity index (χ0) is 22.0. The molecule has 0 spiro atoms. The van der Waals surface area contributed by atoms with Crippen LogP contribution in [0.2, 0.25) is 0 Å². The quantitative estimate of drug-likeness (QED) is 0.366. The van der Waals surface area contributed by atoms with Crippen molar-refractivity contribution in [3.63, 3.8) is 0 Å². The lowest BCUT2D eigenvalue weighted by atomic mass is 10.1. The van der Waals surface area contributed by atoms with Crippen LogP contribution in [0.3, 0.4) is 0 Å². The maximum atomic E-state index is 12.9. The first-order valence-electron chi connectivity index (χ1n) is 10.1. The molecule has 4 rings (SSSR count). The normalized spacial score (nSPS) is 23.3. The molecule has 3 atom stereocenters. The Labute approximate surface area is 186 Å². The van der Waals surface area contributed by atoms with Crippen LogP contribution in [0.5, 0.6) is 0 Å². The van der Waals surface area contributed by atoms with Crippen molar-refractivity contribution in [1.29, 1.82) is 0 Å². The number of thioether (sulfide) groups is 1. The van der Waals surface area contributed by atoms with Crippen LogP contribution < -0.4 is 5.32 Å². The van der Waals surface area contributed by atoms with Crippen LogP contribution >= 0.6 is 11.8 Å². The Balaban J connectivity index is 1.46. The molecule has 0 radical (unpaired) electrons. The van der Waals surface area contributed by atoms with Crippen molar-refractivity contribution in [2.45, 2.75) is 20.0 Å². The molecule has 2 aromatic rings. The summed E-state index contributed by atoms with van der Waals surface area (Å²) < 4.78 is 5.73. The van der Waals surface area contributed by atoms with E-state index in [1.54, 1.807) is 11.5 Å². The van der Waals surface area contributed by atoms with E-state index < -0.39 is 6.10 Å². The van der Waals surface area contributed by atoms with E-state index in [0.29, 0.717) is 5.57 Å². The summed E-state index contributed by atoms with van der Waals surface area (Å²) in [7, 11) is 0. The van der Waals surface area contributed by atoms with Crippen molar-refractivity contribution in [3.05, 3.63) is 83.3 Å². The average Bonchev–Trinajstić information content (AvgIpc) is 3.06. The lowest BCUT2D eigenvalue weighted by Crippen LogP contribution is -2.14. The van der Waals surface area contributed by atoms with Crippen molar-refractivity contribution in [3.8, 4) is 12.3 Å². The standard InChI is InChI=1S/C26H23NO3S/c1-4-22(17-9-8-12-20(15-17)27-19-10-6-5-7-11-19)30-24(28)23-21(26(23,2)3)16-18-13-14-31-25(18)29/h1,5-16,21-23,27H,2-3H3. The number of anilines is 2. The molecule has 1 fully saturated rings. The Bertz CT molecular complexity index is 1110. The van der Waals surface area contributed by atoms with Gasteiger partial charge in [-0.15, -0.1) is 6.42 Å². The van der Waals surface area contributed by atoms with Gasteiger partial charge in [0.05, 0.1) is 5.92 Å². The topological polar surface area (TPSA) is 55.4 Å². The number of carbonyl (C=O) groups excluding carboxylic acids is 2. The average molecular weight is 430 g/mol. The minimum atomic E-state index is -0.779. The highest BCUT2D eigenvalue weighted by atomic mass is 32.2. The van der Waals surface area contributed by atoms with E-state index in [0.717, 1.165) is 28.7 Å². The summed E-state index contributed by atoms with van der Waals surface area (Å²) >= 11 is 1.16. The lowest BCUT2D eigenvalue weighted by Gasteiger charge is -2.15. The van der Waals surface area contributed by atoms with Crippen LogP contribution in [0.1, 0.15) is 25.5 Å². The fourth-order valence-electron chi connectivity index (χ4n) is 3.92. The number of hydrogen-bond donors (Lipinski definition) is 1. The number of rotatable bonds is 6. The number of ether oxygens (including phenoxy) is 1. The first kappa shape index (κ1) is 21.0. The summed E-state index contributed by atoms with van der Waals surface area (Å²) in [5.41, 5.74) is 2.92. The van der Waals surface area contributed by atoms with Crippen molar-refractivity contribution in [2.24, 2.45) is 17.3 Å². The number of terminal acetylenes is 1. The van der Waals surface area contributed by atoms with Gasteiger partial charge < -0.3 is 10.1 Å². The highest BCUT2D eigenvalue weighted by Gasteiger charge is 2.62. The van der Waals surface area contributed by atoms with E-state index in [-0.39, 0.29) is 28.3 Å². The minimum absolute atomic E-state index is 0.0130. The molecule has 5 heteroatoms. The van der Waals surface area contributed by atoms with E-state index in [9.17, 15) is 9.59 Å². The largest absolute Gasteiger partial charge is 0.444 e. The fraction of sp³-hybridized carbons (Fsp3) is 0.231. The SMILES string of the molecule is C#CC(OC(=O)C1C(C=C2C=CSC2=O)C1(C)C)c1cccc(Nc2ccccc2)c1. The van der Waals surface area contributed by atoms with Gasteiger partial charge in [0.2, 0.25) is 5.12 Å². The maximum absolute atomic E-state index is 12.9. The summed E-state index contributed by atoms with van der Waals surface area (Å²) in [5.74, 6) is 1.88. The molecule has 0 amide bonds. The third kappa shape index (κ3) is 4.45. The van der Waals surface area contributed by atoms with E-state index in [4.69, 9.17) is 11.2 Å². The number of allylic oxidation sites excluding steroid dienone is 2. The van der Waals surface area contributed by atoms with Gasteiger partial charge in [0.1, 0.15) is 0 Å². The van der Waals surface area contributed by atoms with E-state index in [2.05, 4.69) is 11.2 Å². The Kier molecular flexibility index (Phi) is 5.75. The molecule has 3 unspecified atom stereocenters. The van der Waals surface area contributed by atoms with Gasteiger partial charge in [0.25, 0.3) is 0 Å². The molecule has 2 aromatic carbocycles. The summed E-state index contributed by atoms with van der Waals surface area (Å²) in [6.45, 7) is 4.01. The molecular weight excluding hydrogens is 406 g/mol. The van der Waals surface area contributed by atoms with Gasteiger partial charge in [-0.1, -0.05) is 67.9 Å². The third-order valence-electron chi connectivity index (χ3n) is 5.82. The Morgan fingerprint density at radius 3 is 2.61 bits per heavy atom. The number of hydrogen-bond acceptors (Lipinski definition) is 5. The van der Waals surface area contributed by atoms with Crippen LogP contribution in [0.15, 0.2) is 77.7 Å². The van der Waals surface area contributed by atoms with E-state index >= 15 is 0 Å². The van der Waals surface area contributed by atoms with Gasteiger partial charge in [-0.2, -0.15) is 0 Å². The second kappa shape index (κ2) is 8.49. The maximum Gasteiger partial charge on any atom is 0.311 e. The number of nitrogens with one attached hydrogen (secondary N) is 1. The molecule has 31 heavy (non-hydrogen) atoms. The van der Waals surface area contributed by atoms with Crippen molar-refractivity contribution in [1.82, 2.24) is 0 Å². The lowest BCUT2D eigenvalue weighted by molar-refractivity contribution is -0.149. The Morgan fingerprint density at radius 2 is 1.94 bits per heavy atom. The highest BCUT2D eigenvalue weighted by Crippen LogP contribution is 2.60. The Hall–Kier alpha value is -3.23. The van der Waals surface area contributed by atoms with Crippen LogP contribution in [-0.4, -0.2) is 11.1 Å². The molecule has 4 nitrogen and oxygen atoms in total. The van der Waals surface area contributed by atoms with Crippen molar-refractivity contribution in [2.75, 3.05) is 5.32 Å². The second-order valence-corrected chi connectivity index (χ2v) is 9.13. The minimum Gasteiger partial charge on any atom is -0.444 e. The monoisotopic (exact) mass is 429 g/mol. The zero-order valence-corrected chi connectivity index (χ0v) is 18.2. The van der Waals surface area contributed by atoms with Gasteiger partial charge in [0, 0.05) is 22.5 Å². The summed E-state index contributed by atoms with van der Waals surface area (Å²) in [6, 6.07) is 17.4. The summed E-state index contributed by atoms with van der Waals surface area (Å²) in [5, 5.41) is 5.10. The highest BCUT2D eigenvalue weighted by molar-refractivity contribution is 8.17. The number of benzene rings is 2. The van der Waals surface area contributed by atoms with Crippen LogP contribution in [-0.2, 0) is 14.3 Å². The molecule has 0 aromatic heterocycles. The molecular formula is C26H23NO3S. The van der Waals surface area contributed by atoms with Gasteiger partial charge in [0.15, 0.2) is 6.10 Å². The van der Waals surface area contributed by atoms with Crippen LogP contribution in [0.25, 0.3) is 0 Å². The molecule has 1 N–H and O–H groups in total. The Morgan fingerprint density at radius 1 is 1.19 bits per heavy atom. The van der Waals surface area contributed by atoms with Crippen LogP contribution in [0, 0.1) is 29.6 Å². The van der Waals surface area contributed by atoms with Crippen molar-refractivity contribution < 1.29 is 14.3 Å². The molecule has 1 heterocycles. The number of esters is 1. The van der Waals surface area contributed by atoms with E-state index in [1.165, 1.54) is 0 Å². The molecule has 0 saturated heterocycles. The molecule has 1 aliphatic heterocycles. The first-order chi connectivity index (χ1) is 14.9. The molecule has 1 saturated carbocycles. The van der Waals surface area contributed by atoms with Crippen LogP contribution in [0.4, 0.5) is 11.4 Å².